The van der Waals surface area contributed by atoms with Gasteiger partial charge in [-0.25, -0.2) is 0 Å². The summed E-state index contributed by atoms with van der Waals surface area (Å²) in [6, 6.07) is 0. The molecule has 0 aromatic rings. The van der Waals surface area contributed by atoms with Gasteiger partial charge in [-0.2, -0.15) is 0 Å². The number of hydrogen-bond donors (Lipinski definition) is 0. The third kappa shape index (κ3) is 6.00. The summed E-state index contributed by atoms with van der Waals surface area (Å²) in [5.41, 5.74) is 0. The van der Waals surface area contributed by atoms with Crippen molar-refractivity contribution in [2.75, 3.05) is 6.61 Å². The van der Waals surface area contributed by atoms with Crippen LogP contribution >= 0.6 is 0 Å². The first-order valence-corrected chi connectivity index (χ1v) is 13.1. The second kappa shape index (κ2) is 10.7. The van der Waals surface area contributed by atoms with E-state index >= 15 is 0 Å². The third-order valence-corrected chi connectivity index (χ3v) is 12.6. The zero-order valence-electron chi connectivity index (χ0n) is 13.3. The maximum absolute atomic E-state index is 6.56. The Bertz CT molecular complexity index is 393. The van der Waals surface area contributed by atoms with Gasteiger partial charge in [0.2, 0.25) is 0 Å². The minimum Gasteiger partial charge on any atom is -1.00 e. The molecule has 0 aliphatic heterocycles. The van der Waals surface area contributed by atoms with Gasteiger partial charge in [-0.05, 0) is 0 Å². The van der Waals surface area contributed by atoms with Crippen molar-refractivity contribution >= 4 is 0 Å². The van der Waals surface area contributed by atoms with Crippen LogP contribution in [0.3, 0.4) is 0 Å². The van der Waals surface area contributed by atoms with Gasteiger partial charge in [0, 0.05) is 0 Å². The van der Waals surface area contributed by atoms with Crippen LogP contribution in [0.25, 0.3) is 0 Å². The van der Waals surface area contributed by atoms with Gasteiger partial charge in [0.1, 0.15) is 0 Å². The number of rotatable bonds is 9. The standard InChI is InChI=1S/C8H17O.2C5H5.ClH.Hf/c1-3-5-6-8(4-2)7-9;2*1-2-4-5-3-1;;/h8H,3-7H2,1-2H3;2*1-3H,4H2;1H;/q-1;;;;+2/p-1. The molecular weight excluding hydrogens is 446 g/mol. The maximum Gasteiger partial charge on any atom is -1.00 e. The molecule has 1 nitrogen and oxygen atoms in total. The first kappa shape index (κ1) is 19.1. The molecule has 0 fully saturated rings. The van der Waals surface area contributed by atoms with Crippen molar-refractivity contribution in [3.8, 4) is 0 Å². The zero-order chi connectivity index (χ0) is 14.2. The van der Waals surface area contributed by atoms with Gasteiger partial charge >= 0.3 is 133 Å². The molecule has 0 amide bonds. The second-order valence-corrected chi connectivity index (χ2v) is 13.7. The molecule has 2 aliphatic rings. The average molecular weight is 473 g/mol. The summed E-state index contributed by atoms with van der Waals surface area (Å²) in [7, 11) is 0. The largest absolute Gasteiger partial charge is 1.00 e. The molecule has 0 aromatic heterocycles. The molecule has 3 heteroatoms. The van der Waals surface area contributed by atoms with Crippen LogP contribution in [0.2, 0.25) is 0 Å². The van der Waals surface area contributed by atoms with Crippen LogP contribution < -0.4 is 12.4 Å². The van der Waals surface area contributed by atoms with Gasteiger partial charge in [0.05, 0.1) is 0 Å². The van der Waals surface area contributed by atoms with Crippen LogP contribution in [0, 0.1) is 5.92 Å². The normalized spacial score (nSPS) is 17.4. The molecular formula is C18H27ClHfO. The Morgan fingerprint density at radius 3 is 2.14 bits per heavy atom. The third-order valence-electron chi connectivity index (χ3n) is 4.13. The van der Waals surface area contributed by atoms with Crippen molar-refractivity contribution in [1.82, 2.24) is 0 Å². The number of allylic oxidation sites excluding steroid dienone is 8. The average Bonchev–Trinajstić information content (AvgIpc) is 3.16. The molecule has 0 saturated heterocycles. The van der Waals surface area contributed by atoms with Gasteiger partial charge < -0.3 is 12.4 Å². The van der Waals surface area contributed by atoms with Crippen LogP contribution in [0.1, 0.15) is 52.4 Å². The Hall–Kier alpha value is 0.0801. The molecule has 0 N–H and O–H groups in total. The van der Waals surface area contributed by atoms with E-state index in [2.05, 4.69) is 50.3 Å². The Labute approximate surface area is 144 Å². The molecule has 0 radical (unpaired) electrons. The summed E-state index contributed by atoms with van der Waals surface area (Å²) >= 11 is -2.17. The summed E-state index contributed by atoms with van der Waals surface area (Å²) in [4.78, 5) is 0. The molecule has 0 saturated carbocycles. The number of unbranched alkanes of at least 4 members (excludes halogenated alkanes) is 1. The van der Waals surface area contributed by atoms with Crippen molar-refractivity contribution in [2.45, 2.75) is 52.4 Å². The van der Waals surface area contributed by atoms with Gasteiger partial charge in [0.25, 0.3) is 0 Å². The fourth-order valence-electron chi connectivity index (χ4n) is 2.72. The van der Waals surface area contributed by atoms with Crippen LogP contribution in [0.5, 0.6) is 0 Å². The predicted molar refractivity (Wildman–Crippen MR) is 82.9 cm³/mol. The summed E-state index contributed by atoms with van der Waals surface area (Å²) in [6.07, 6.45) is 21.2. The Morgan fingerprint density at radius 1 is 1.10 bits per heavy atom. The Morgan fingerprint density at radius 2 is 1.71 bits per heavy atom. The number of halogens is 1. The van der Waals surface area contributed by atoms with Crippen molar-refractivity contribution in [1.29, 1.82) is 0 Å². The van der Waals surface area contributed by atoms with Crippen molar-refractivity contribution in [3.05, 3.63) is 43.1 Å². The van der Waals surface area contributed by atoms with Crippen molar-refractivity contribution in [2.24, 2.45) is 5.92 Å². The molecule has 1 unspecified atom stereocenters. The molecule has 0 spiro atoms. The quantitative estimate of drug-likeness (QED) is 0.468. The second-order valence-electron chi connectivity index (χ2n) is 5.70. The monoisotopic (exact) mass is 474 g/mol. The smallest absolute Gasteiger partial charge is 1.00 e. The van der Waals surface area contributed by atoms with Gasteiger partial charge in [0.15, 0.2) is 0 Å². The molecule has 2 rings (SSSR count). The molecule has 2 aliphatic carbocycles. The molecule has 116 valence electrons. The van der Waals surface area contributed by atoms with E-state index in [9.17, 15) is 0 Å². The summed E-state index contributed by atoms with van der Waals surface area (Å²) in [6.45, 7) is 5.58. The van der Waals surface area contributed by atoms with E-state index in [1.807, 2.05) is 0 Å². The van der Waals surface area contributed by atoms with E-state index in [1.165, 1.54) is 25.7 Å². The van der Waals surface area contributed by atoms with E-state index in [0.29, 0.717) is 0 Å². The van der Waals surface area contributed by atoms with Crippen molar-refractivity contribution < 1.29 is 37.1 Å². The first-order chi connectivity index (χ1) is 9.85. The number of hydrogen-bond acceptors (Lipinski definition) is 1. The van der Waals surface area contributed by atoms with Crippen LogP contribution in [-0.4, -0.2) is 6.61 Å². The van der Waals surface area contributed by atoms with Gasteiger partial charge in [-0.15, -0.1) is 0 Å². The first-order valence-electron chi connectivity index (χ1n) is 8.07. The summed E-state index contributed by atoms with van der Waals surface area (Å²) in [5, 5.41) is 0. The van der Waals surface area contributed by atoms with Crippen LogP contribution in [-0.2, 0) is 24.7 Å². The van der Waals surface area contributed by atoms with Gasteiger partial charge in [-0.3, -0.25) is 0 Å². The van der Waals surface area contributed by atoms with E-state index in [-0.39, 0.29) is 12.4 Å². The summed E-state index contributed by atoms with van der Waals surface area (Å²) < 4.78 is 9.83. The SMILES string of the molecule is CCCCC(CC)C[O][Hf+]([C]1=CC=CC1)[C]1=CC=CC1.[Cl-]. The summed E-state index contributed by atoms with van der Waals surface area (Å²) in [5.74, 6) is 0.764. The Balaban J connectivity index is 0.00000220. The van der Waals surface area contributed by atoms with E-state index < -0.39 is 21.9 Å². The molecule has 0 bridgehead atoms. The van der Waals surface area contributed by atoms with Crippen LogP contribution in [0.4, 0.5) is 0 Å². The molecule has 0 heterocycles. The topological polar surface area (TPSA) is 9.23 Å². The molecule has 0 aromatic carbocycles. The van der Waals surface area contributed by atoms with E-state index in [4.69, 9.17) is 2.85 Å². The molecule has 21 heavy (non-hydrogen) atoms. The van der Waals surface area contributed by atoms with E-state index in [0.717, 1.165) is 25.4 Å². The fraction of sp³-hybridized carbons (Fsp3) is 0.556. The maximum atomic E-state index is 6.56. The van der Waals surface area contributed by atoms with Gasteiger partial charge in [-0.1, -0.05) is 0 Å². The van der Waals surface area contributed by atoms with Crippen LogP contribution in [0.15, 0.2) is 43.1 Å². The zero-order valence-corrected chi connectivity index (χ0v) is 17.6. The Kier molecular flexibility index (Phi) is 9.79. The minimum atomic E-state index is -2.17. The molecule has 1 atom stereocenters. The fourth-order valence-corrected chi connectivity index (χ4v) is 10.9. The van der Waals surface area contributed by atoms with Crippen molar-refractivity contribution in [3.63, 3.8) is 0 Å². The van der Waals surface area contributed by atoms with E-state index in [1.54, 1.807) is 6.66 Å². The minimum absolute atomic E-state index is 0. The predicted octanol–water partition coefficient (Wildman–Crippen LogP) is 2.44.